The summed E-state index contributed by atoms with van der Waals surface area (Å²) < 4.78 is 5.06. The summed E-state index contributed by atoms with van der Waals surface area (Å²) in [5.41, 5.74) is 5.36. The summed E-state index contributed by atoms with van der Waals surface area (Å²) in [6.45, 7) is 0.547. The molecule has 0 aromatic heterocycles. The molecule has 1 fully saturated rings. The smallest absolute Gasteiger partial charge is 0.271 e. The van der Waals surface area contributed by atoms with Crippen LogP contribution in [0.2, 0.25) is 0 Å². The quantitative estimate of drug-likeness (QED) is 0.411. The monoisotopic (exact) mass is 461 g/mol. The SMILES string of the molecule is COc1cccc(/C=N\NC(=O)c2ccc([C@H]3SCC(=O)N3Cc3ccccc3)cc2)c1O. The number of ether oxygens (including phenoxy) is 1. The molecule has 0 saturated carbocycles. The third-order valence-electron chi connectivity index (χ3n) is 5.24. The summed E-state index contributed by atoms with van der Waals surface area (Å²) in [7, 11) is 1.46. The number of aromatic hydroxyl groups is 1. The molecule has 0 radical (unpaired) electrons. The zero-order valence-corrected chi connectivity index (χ0v) is 18.8. The van der Waals surface area contributed by atoms with Crippen molar-refractivity contribution in [2.75, 3.05) is 12.9 Å². The van der Waals surface area contributed by atoms with Gasteiger partial charge in [-0.1, -0.05) is 48.5 Å². The van der Waals surface area contributed by atoms with Crippen molar-refractivity contribution in [1.29, 1.82) is 0 Å². The van der Waals surface area contributed by atoms with Crippen molar-refractivity contribution < 1.29 is 19.4 Å². The van der Waals surface area contributed by atoms with E-state index in [-0.39, 0.29) is 22.9 Å². The van der Waals surface area contributed by atoms with Crippen molar-refractivity contribution >= 4 is 29.8 Å². The number of hydrogen-bond donors (Lipinski definition) is 2. The van der Waals surface area contributed by atoms with Crippen LogP contribution in [0.4, 0.5) is 0 Å². The highest BCUT2D eigenvalue weighted by atomic mass is 32.2. The van der Waals surface area contributed by atoms with Gasteiger partial charge in [-0.05, 0) is 35.4 Å². The van der Waals surface area contributed by atoms with Crippen molar-refractivity contribution in [3.8, 4) is 11.5 Å². The lowest BCUT2D eigenvalue weighted by atomic mass is 10.1. The summed E-state index contributed by atoms with van der Waals surface area (Å²) >= 11 is 1.58. The van der Waals surface area contributed by atoms with E-state index in [4.69, 9.17) is 4.74 Å². The number of phenolic OH excluding ortho intramolecular Hbond substituents is 1. The topological polar surface area (TPSA) is 91.2 Å². The number of hydrogen-bond acceptors (Lipinski definition) is 6. The molecule has 3 aromatic carbocycles. The van der Waals surface area contributed by atoms with E-state index in [1.807, 2.05) is 47.4 Å². The normalized spacial score (nSPS) is 15.7. The molecule has 0 spiro atoms. The molecule has 1 atom stereocenters. The lowest BCUT2D eigenvalue weighted by molar-refractivity contribution is -0.128. The molecule has 2 N–H and O–H groups in total. The van der Waals surface area contributed by atoms with Crippen molar-refractivity contribution in [3.63, 3.8) is 0 Å². The number of hydrazone groups is 1. The number of nitrogens with zero attached hydrogens (tertiary/aromatic N) is 2. The number of benzene rings is 3. The van der Waals surface area contributed by atoms with E-state index in [9.17, 15) is 14.7 Å². The van der Waals surface area contributed by atoms with Gasteiger partial charge in [0.05, 0.1) is 19.1 Å². The highest BCUT2D eigenvalue weighted by Crippen LogP contribution is 2.39. The van der Waals surface area contributed by atoms with Gasteiger partial charge >= 0.3 is 0 Å². The van der Waals surface area contributed by atoms with Gasteiger partial charge in [0.15, 0.2) is 11.5 Å². The molecule has 3 aromatic rings. The Hall–Kier alpha value is -3.78. The first-order valence-corrected chi connectivity index (χ1v) is 11.4. The van der Waals surface area contributed by atoms with Gasteiger partial charge in [0.1, 0.15) is 5.37 Å². The third kappa shape index (κ3) is 5.18. The molecular weight excluding hydrogens is 438 g/mol. The maximum Gasteiger partial charge on any atom is 0.271 e. The van der Waals surface area contributed by atoms with E-state index in [0.29, 0.717) is 29.2 Å². The molecule has 0 unspecified atom stereocenters. The van der Waals surface area contributed by atoms with E-state index < -0.39 is 0 Å². The number of carbonyl (C=O) groups is 2. The fraction of sp³-hybridized carbons (Fsp3) is 0.160. The molecule has 2 amide bonds. The van der Waals surface area contributed by atoms with Gasteiger partial charge in [-0.3, -0.25) is 9.59 Å². The van der Waals surface area contributed by atoms with Crippen molar-refractivity contribution in [2.24, 2.45) is 5.10 Å². The minimum absolute atomic E-state index is 0.0500. The number of thioether (sulfide) groups is 1. The van der Waals surface area contributed by atoms with Crippen LogP contribution in [0.15, 0.2) is 77.9 Å². The van der Waals surface area contributed by atoms with Crippen LogP contribution >= 0.6 is 11.8 Å². The zero-order valence-electron chi connectivity index (χ0n) is 18.0. The van der Waals surface area contributed by atoms with Crippen LogP contribution in [0.1, 0.15) is 32.4 Å². The van der Waals surface area contributed by atoms with Crippen LogP contribution < -0.4 is 10.2 Å². The molecule has 1 heterocycles. The molecule has 33 heavy (non-hydrogen) atoms. The molecule has 1 saturated heterocycles. The number of rotatable bonds is 7. The van der Waals surface area contributed by atoms with Crippen LogP contribution in [0.5, 0.6) is 11.5 Å². The predicted molar refractivity (Wildman–Crippen MR) is 128 cm³/mol. The Balaban J connectivity index is 1.41. The van der Waals surface area contributed by atoms with Gasteiger partial charge in [0, 0.05) is 17.7 Å². The van der Waals surface area contributed by atoms with E-state index in [0.717, 1.165) is 11.1 Å². The van der Waals surface area contributed by atoms with Gasteiger partial charge in [-0.25, -0.2) is 5.43 Å². The molecule has 7 nitrogen and oxygen atoms in total. The maximum absolute atomic E-state index is 12.5. The number of phenols is 1. The third-order valence-corrected chi connectivity index (χ3v) is 6.50. The van der Waals surface area contributed by atoms with Crippen LogP contribution in [0.3, 0.4) is 0 Å². The summed E-state index contributed by atoms with van der Waals surface area (Å²) in [5, 5.41) is 13.9. The average molecular weight is 462 g/mol. The Bertz CT molecular complexity index is 1170. The van der Waals surface area contributed by atoms with Crippen molar-refractivity contribution in [1.82, 2.24) is 10.3 Å². The molecule has 4 rings (SSSR count). The van der Waals surface area contributed by atoms with Gasteiger partial charge < -0.3 is 14.7 Å². The Morgan fingerprint density at radius 3 is 2.64 bits per heavy atom. The Morgan fingerprint density at radius 1 is 1.15 bits per heavy atom. The first-order chi connectivity index (χ1) is 16.1. The van der Waals surface area contributed by atoms with E-state index in [1.165, 1.54) is 13.3 Å². The van der Waals surface area contributed by atoms with E-state index in [2.05, 4.69) is 10.5 Å². The lowest BCUT2D eigenvalue weighted by Gasteiger charge is -2.24. The predicted octanol–water partition coefficient (Wildman–Crippen LogP) is 3.94. The summed E-state index contributed by atoms with van der Waals surface area (Å²) in [5.74, 6) is 0.435. The van der Waals surface area contributed by atoms with Crippen LogP contribution in [0, 0.1) is 0 Å². The summed E-state index contributed by atoms with van der Waals surface area (Å²) in [4.78, 5) is 26.7. The Labute approximate surface area is 196 Å². The number of nitrogens with one attached hydrogen (secondary N) is 1. The largest absolute Gasteiger partial charge is 0.504 e. The number of amides is 2. The fourth-order valence-corrected chi connectivity index (χ4v) is 4.70. The van der Waals surface area contributed by atoms with Crippen LogP contribution in [-0.2, 0) is 11.3 Å². The molecular formula is C25H23N3O4S. The first kappa shape index (κ1) is 22.4. The van der Waals surface area contributed by atoms with Crippen LogP contribution in [-0.4, -0.2) is 40.9 Å². The zero-order chi connectivity index (χ0) is 23.2. The Kier molecular flexibility index (Phi) is 6.95. The van der Waals surface area contributed by atoms with E-state index >= 15 is 0 Å². The second kappa shape index (κ2) is 10.2. The Morgan fingerprint density at radius 2 is 1.91 bits per heavy atom. The highest BCUT2D eigenvalue weighted by Gasteiger charge is 2.32. The van der Waals surface area contributed by atoms with Gasteiger partial charge in [0.25, 0.3) is 5.91 Å². The molecule has 0 bridgehead atoms. The molecule has 168 valence electrons. The minimum Gasteiger partial charge on any atom is -0.504 e. The molecule has 0 aliphatic carbocycles. The van der Waals surface area contributed by atoms with E-state index in [1.54, 1.807) is 42.1 Å². The lowest BCUT2D eigenvalue weighted by Crippen LogP contribution is -2.27. The number of methoxy groups -OCH3 is 1. The van der Waals surface area contributed by atoms with Gasteiger partial charge in [-0.15, -0.1) is 11.8 Å². The number of carbonyl (C=O) groups excluding carboxylic acids is 2. The molecule has 1 aliphatic heterocycles. The van der Waals surface area contributed by atoms with Gasteiger partial charge in [-0.2, -0.15) is 5.10 Å². The van der Waals surface area contributed by atoms with Crippen molar-refractivity contribution in [2.45, 2.75) is 11.9 Å². The second-order valence-electron chi connectivity index (χ2n) is 7.39. The highest BCUT2D eigenvalue weighted by molar-refractivity contribution is 8.00. The molecule has 1 aliphatic rings. The first-order valence-electron chi connectivity index (χ1n) is 10.3. The summed E-state index contributed by atoms with van der Waals surface area (Å²) in [6, 6.07) is 22.0. The van der Waals surface area contributed by atoms with Crippen LogP contribution in [0.25, 0.3) is 0 Å². The maximum atomic E-state index is 12.5. The number of para-hydroxylation sites is 1. The minimum atomic E-state index is -0.378. The molecule has 8 heteroatoms. The van der Waals surface area contributed by atoms with Gasteiger partial charge in [0.2, 0.25) is 5.91 Å². The fourth-order valence-electron chi connectivity index (χ4n) is 3.51. The summed E-state index contributed by atoms with van der Waals surface area (Å²) in [6.07, 6.45) is 1.35. The second-order valence-corrected chi connectivity index (χ2v) is 8.46. The average Bonchev–Trinajstić information content (AvgIpc) is 3.20. The van der Waals surface area contributed by atoms with Crippen molar-refractivity contribution in [3.05, 3.63) is 95.1 Å². The standard InChI is InChI=1S/C25H23N3O4S/c1-32-21-9-5-8-20(23(21)30)14-26-27-24(31)18-10-12-19(13-11-18)25-28(22(29)16-33-25)15-17-6-3-2-4-7-17/h2-14,25,30H,15-16H2,1H3,(H,27,31)/b26-14-/t25-/m1/s1.